The van der Waals surface area contributed by atoms with Crippen LogP contribution in [0.3, 0.4) is 0 Å². The number of nitrogens with one attached hydrogen (secondary N) is 1. The number of hydrogen-bond acceptors (Lipinski definition) is 4. The Kier molecular flexibility index (Phi) is 3.90. The van der Waals surface area contributed by atoms with Gasteiger partial charge in [0.05, 0.1) is 25.1 Å². The van der Waals surface area contributed by atoms with E-state index in [1.54, 1.807) is 16.9 Å². The molecule has 2 aromatic rings. The lowest BCUT2D eigenvalue weighted by Gasteiger charge is -2.23. The van der Waals surface area contributed by atoms with Crippen molar-refractivity contribution < 1.29 is 9.53 Å². The number of hydrogen-bond donors (Lipinski definition) is 1. The maximum atomic E-state index is 12.4. The normalized spacial score (nSPS) is 18.9. The van der Waals surface area contributed by atoms with Gasteiger partial charge in [-0.2, -0.15) is 5.10 Å². The van der Waals surface area contributed by atoms with Gasteiger partial charge in [-0.05, 0) is 18.2 Å². The Labute approximate surface area is 117 Å². The fraction of sp³-hybridized carbons (Fsp3) is 0.333. The molecule has 0 aliphatic carbocycles. The Hall–Kier alpha value is -1.98. The van der Waals surface area contributed by atoms with E-state index in [9.17, 15) is 4.79 Å². The third kappa shape index (κ3) is 2.79. The molecule has 1 unspecified atom stereocenters. The first-order chi connectivity index (χ1) is 9.84. The van der Waals surface area contributed by atoms with Crippen molar-refractivity contribution in [1.29, 1.82) is 0 Å². The summed E-state index contributed by atoms with van der Waals surface area (Å²) in [6.07, 6.45) is 2.09. The van der Waals surface area contributed by atoms with Crippen molar-refractivity contribution in [2.75, 3.05) is 19.8 Å². The van der Waals surface area contributed by atoms with Gasteiger partial charge in [0.2, 0.25) is 0 Å². The number of ether oxygens (including phenoxy) is 1. The second-order valence-electron chi connectivity index (χ2n) is 4.82. The minimum absolute atomic E-state index is 0.0781. The summed E-state index contributed by atoms with van der Waals surface area (Å²) in [5.74, 6) is 0.0781. The number of carbonyl (C=O) groups excluding carboxylic acids is 1. The van der Waals surface area contributed by atoms with Crippen LogP contribution in [-0.2, 0) is 4.74 Å². The molecule has 20 heavy (non-hydrogen) atoms. The SMILES string of the molecule is O=C(CC1COCCN1)c1ccnn1-c1ccccc1. The zero-order valence-corrected chi connectivity index (χ0v) is 11.2. The van der Waals surface area contributed by atoms with Crippen molar-refractivity contribution in [3.8, 4) is 5.69 Å². The Morgan fingerprint density at radius 1 is 1.35 bits per heavy atom. The van der Waals surface area contributed by atoms with Gasteiger partial charge in [0, 0.05) is 19.0 Å². The van der Waals surface area contributed by atoms with Gasteiger partial charge >= 0.3 is 0 Å². The highest BCUT2D eigenvalue weighted by Crippen LogP contribution is 2.13. The number of para-hydroxylation sites is 1. The zero-order chi connectivity index (χ0) is 13.8. The smallest absolute Gasteiger partial charge is 0.182 e. The molecule has 2 heterocycles. The van der Waals surface area contributed by atoms with Gasteiger partial charge in [0.25, 0.3) is 0 Å². The summed E-state index contributed by atoms with van der Waals surface area (Å²) >= 11 is 0. The highest BCUT2D eigenvalue weighted by molar-refractivity contribution is 5.95. The first-order valence-electron chi connectivity index (χ1n) is 6.78. The quantitative estimate of drug-likeness (QED) is 0.855. The van der Waals surface area contributed by atoms with Crippen LogP contribution >= 0.6 is 0 Å². The molecule has 5 nitrogen and oxygen atoms in total. The molecule has 1 aliphatic rings. The number of rotatable bonds is 4. The minimum atomic E-state index is 0.0781. The molecule has 3 rings (SSSR count). The van der Waals surface area contributed by atoms with Crippen LogP contribution < -0.4 is 5.32 Å². The fourth-order valence-electron chi connectivity index (χ4n) is 2.37. The average molecular weight is 271 g/mol. The summed E-state index contributed by atoms with van der Waals surface area (Å²) < 4.78 is 7.06. The zero-order valence-electron chi connectivity index (χ0n) is 11.2. The van der Waals surface area contributed by atoms with Crippen molar-refractivity contribution in [1.82, 2.24) is 15.1 Å². The maximum Gasteiger partial charge on any atom is 0.182 e. The summed E-state index contributed by atoms with van der Waals surface area (Å²) in [5.41, 5.74) is 1.51. The fourth-order valence-corrected chi connectivity index (χ4v) is 2.37. The minimum Gasteiger partial charge on any atom is -0.378 e. The molecule has 1 atom stereocenters. The highest BCUT2D eigenvalue weighted by Gasteiger charge is 2.20. The topological polar surface area (TPSA) is 56.1 Å². The van der Waals surface area contributed by atoms with Gasteiger partial charge < -0.3 is 10.1 Å². The standard InChI is InChI=1S/C15H17N3O2/c19-15(10-12-11-20-9-8-16-12)14-6-7-17-18(14)13-4-2-1-3-5-13/h1-7,12,16H,8-11H2. The Bertz CT molecular complexity index is 574. The monoisotopic (exact) mass is 271 g/mol. The molecule has 1 N–H and O–H groups in total. The van der Waals surface area contributed by atoms with E-state index in [0.717, 1.165) is 12.2 Å². The molecular weight excluding hydrogens is 254 g/mol. The predicted octanol–water partition coefficient (Wildman–Crippen LogP) is 1.43. The van der Waals surface area contributed by atoms with E-state index in [2.05, 4.69) is 10.4 Å². The number of Topliss-reactive ketones (excluding diaryl/α,β-unsaturated/α-hetero) is 1. The molecule has 1 aromatic carbocycles. The lowest BCUT2D eigenvalue weighted by atomic mass is 10.1. The van der Waals surface area contributed by atoms with Gasteiger partial charge in [-0.3, -0.25) is 4.79 Å². The molecule has 104 valence electrons. The van der Waals surface area contributed by atoms with Crippen LogP contribution in [0.2, 0.25) is 0 Å². The summed E-state index contributed by atoms with van der Waals surface area (Å²) in [4.78, 5) is 12.4. The second-order valence-corrected chi connectivity index (χ2v) is 4.82. The van der Waals surface area contributed by atoms with E-state index in [4.69, 9.17) is 4.74 Å². The number of carbonyl (C=O) groups is 1. The molecule has 0 saturated carbocycles. The highest BCUT2D eigenvalue weighted by atomic mass is 16.5. The molecule has 0 amide bonds. The molecule has 0 radical (unpaired) electrons. The average Bonchev–Trinajstić information content (AvgIpc) is 2.99. The van der Waals surface area contributed by atoms with Gasteiger partial charge in [0.15, 0.2) is 5.78 Å². The van der Waals surface area contributed by atoms with Crippen molar-refractivity contribution in [2.45, 2.75) is 12.5 Å². The number of morpholine rings is 1. The van der Waals surface area contributed by atoms with Crippen LogP contribution in [-0.4, -0.2) is 41.4 Å². The predicted molar refractivity (Wildman–Crippen MR) is 75.1 cm³/mol. The third-order valence-electron chi connectivity index (χ3n) is 3.36. The van der Waals surface area contributed by atoms with Gasteiger partial charge in [-0.25, -0.2) is 4.68 Å². The van der Waals surface area contributed by atoms with E-state index in [1.807, 2.05) is 30.3 Å². The summed E-state index contributed by atoms with van der Waals surface area (Å²) in [5, 5.41) is 7.54. The van der Waals surface area contributed by atoms with Crippen molar-refractivity contribution >= 4 is 5.78 Å². The van der Waals surface area contributed by atoms with E-state index in [-0.39, 0.29) is 11.8 Å². The lowest BCUT2D eigenvalue weighted by Crippen LogP contribution is -2.42. The molecule has 5 heteroatoms. The van der Waals surface area contributed by atoms with Crippen LogP contribution in [0, 0.1) is 0 Å². The van der Waals surface area contributed by atoms with E-state index < -0.39 is 0 Å². The maximum absolute atomic E-state index is 12.4. The second kappa shape index (κ2) is 5.98. The van der Waals surface area contributed by atoms with Crippen LogP contribution in [0.25, 0.3) is 5.69 Å². The Balaban J connectivity index is 1.77. The van der Waals surface area contributed by atoms with Crippen LogP contribution in [0.5, 0.6) is 0 Å². The van der Waals surface area contributed by atoms with E-state index >= 15 is 0 Å². The summed E-state index contributed by atoms with van der Waals surface area (Å²) in [7, 11) is 0. The molecule has 1 fully saturated rings. The van der Waals surface area contributed by atoms with Crippen molar-refractivity contribution in [3.63, 3.8) is 0 Å². The van der Waals surface area contributed by atoms with Crippen molar-refractivity contribution in [3.05, 3.63) is 48.3 Å². The Morgan fingerprint density at radius 2 is 2.20 bits per heavy atom. The summed E-state index contributed by atoms with van der Waals surface area (Å²) in [6, 6.07) is 11.5. The molecule has 1 aliphatic heterocycles. The number of ketones is 1. The first kappa shape index (κ1) is 13.0. The molecule has 1 aromatic heterocycles. The van der Waals surface area contributed by atoms with E-state index in [0.29, 0.717) is 25.3 Å². The third-order valence-corrected chi connectivity index (χ3v) is 3.36. The lowest BCUT2D eigenvalue weighted by molar-refractivity contribution is 0.0673. The Morgan fingerprint density at radius 3 is 2.95 bits per heavy atom. The molecular formula is C15H17N3O2. The van der Waals surface area contributed by atoms with Gasteiger partial charge in [0.1, 0.15) is 5.69 Å². The molecule has 0 bridgehead atoms. The van der Waals surface area contributed by atoms with Crippen LogP contribution in [0.1, 0.15) is 16.9 Å². The number of aromatic nitrogens is 2. The van der Waals surface area contributed by atoms with Crippen LogP contribution in [0.4, 0.5) is 0 Å². The van der Waals surface area contributed by atoms with E-state index in [1.165, 1.54) is 0 Å². The molecule has 1 saturated heterocycles. The largest absolute Gasteiger partial charge is 0.378 e. The van der Waals surface area contributed by atoms with Crippen molar-refractivity contribution in [2.24, 2.45) is 0 Å². The molecule has 0 spiro atoms. The van der Waals surface area contributed by atoms with Crippen LogP contribution in [0.15, 0.2) is 42.6 Å². The first-order valence-corrected chi connectivity index (χ1v) is 6.78. The number of nitrogens with zero attached hydrogens (tertiary/aromatic N) is 2. The summed E-state index contributed by atoms with van der Waals surface area (Å²) in [6.45, 7) is 2.10. The van der Waals surface area contributed by atoms with Gasteiger partial charge in [-0.15, -0.1) is 0 Å². The van der Waals surface area contributed by atoms with Gasteiger partial charge in [-0.1, -0.05) is 18.2 Å². The number of benzene rings is 1.